The fourth-order valence-electron chi connectivity index (χ4n) is 6.23. The molecule has 1 aromatic heterocycles. The van der Waals surface area contributed by atoms with Crippen molar-refractivity contribution in [2.24, 2.45) is 5.73 Å². The normalized spacial score (nSPS) is 25.3. The number of piperidine rings is 2. The molecule has 2 aliphatic heterocycles. The van der Waals surface area contributed by atoms with E-state index in [-0.39, 0.29) is 17.4 Å². The van der Waals surface area contributed by atoms with E-state index in [0.717, 1.165) is 36.9 Å². The number of H-pyrrole nitrogens is 1. The maximum absolute atomic E-state index is 13.1. The zero-order valence-electron chi connectivity index (χ0n) is 20.6. The predicted octanol–water partition coefficient (Wildman–Crippen LogP) is 5.10. The number of pyridine rings is 1. The molecule has 6 nitrogen and oxygen atoms in total. The third-order valence-corrected chi connectivity index (χ3v) is 7.96. The van der Waals surface area contributed by atoms with Crippen LogP contribution in [0.25, 0.3) is 10.9 Å². The lowest BCUT2D eigenvalue weighted by molar-refractivity contribution is 0.0496. The van der Waals surface area contributed by atoms with Gasteiger partial charge >= 0.3 is 0 Å². The lowest BCUT2D eigenvalue weighted by Gasteiger charge is -2.45. The van der Waals surface area contributed by atoms with Gasteiger partial charge in [-0.05, 0) is 63.6 Å². The SMILES string of the molecule is CCCCC(c1cccc2[nH]c(=O)c(C3CCCN(C(=N)N)C3)cc12)N1C(C)CCCC1C. The summed E-state index contributed by atoms with van der Waals surface area (Å²) in [6, 6.07) is 10.1. The lowest BCUT2D eigenvalue weighted by atomic mass is 9.87. The number of nitrogens with zero attached hydrogens (tertiary/aromatic N) is 2. The zero-order valence-corrected chi connectivity index (χ0v) is 20.6. The molecule has 0 bridgehead atoms. The molecule has 2 aliphatic rings. The summed E-state index contributed by atoms with van der Waals surface area (Å²) in [5.41, 5.74) is 8.89. The van der Waals surface area contributed by atoms with Crippen molar-refractivity contribution in [1.82, 2.24) is 14.8 Å². The van der Waals surface area contributed by atoms with Gasteiger partial charge in [0, 0.05) is 53.6 Å². The first-order valence-electron chi connectivity index (χ1n) is 12.9. The number of aromatic nitrogens is 1. The number of hydrogen-bond donors (Lipinski definition) is 3. The molecule has 3 heterocycles. The number of nitrogens with one attached hydrogen (secondary N) is 2. The molecule has 4 atom stereocenters. The minimum Gasteiger partial charge on any atom is -0.370 e. The van der Waals surface area contributed by atoms with E-state index in [1.165, 1.54) is 43.1 Å². The Morgan fingerprint density at radius 3 is 2.67 bits per heavy atom. The molecule has 180 valence electrons. The Morgan fingerprint density at radius 1 is 1.21 bits per heavy atom. The highest BCUT2D eigenvalue weighted by molar-refractivity contribution is 5.83. The van der Waals surface area contributed by atoms with Gasteiger partial charge in [-0.25, -0.2) is 0 Å². The number of rotatable bonds is 6. The summed E-state index contributed by atoms with van der Waals surface area (Å²) in [4.78, 5) is 20.9. The number of nitrogens with two attached hydrogens (primary N) is 1. The minimum atomic E-state index is -0.000121. The van der Waals surface area contributed by atoms with Gasteiger partial charge in [-0.2, -0.15) is 0 Å². The first kappa shape index (κ1) is 23.8. The van der Waals surface area contributed by atoms with Crippen LogP contribution in [0.15, 0.2) is 29.1 Å². The van der Waals surface area contributed by atoms with Gasteiger partial charge in [0.05, 0.1) is 0 Å². The lowest BCUT2D eigenvalue weighted by Crippen LogP contribution is -2.46. The monoisotopic (exact) mass is 451 g/mol. The molecule has 0 aliphatic carbocycles. The highest BCUT2D eigenvalue weighted by Crippen LogP contribution is 2.38. The molecule has 4 N–H and O–H groups in total. The maximum Gasteiger partial charge on any atom is 0.251 e. The molecule has 2 saturated heterocycles. The standard InChI is InChI=1S/C27H41N5O/c1-4-5-14-25(32-18(2)9-6-10-19(32)3)21-12-7-13-24-23(21)16-22(26(33)30-24)20-11-8-15-31(17-20)27(28)29/h7,12-13,16,18-20,25H,4-6,8-11,14-15,17H2,1-3H3,(H3,28,29)(H,30,33). The summed E-state index contributed by atoms with van der Waals surface area (Å²) in [5.74, 6) is 0.205. The molecule has 4 unspecified atom stereocenters. The summed E-state index contributed by atoms with van der Waals surface area (Å²) >= 11 is 0. The fraction of sp³-hybridized carbons (Fsp3) is 0.630. The molecule has 0 spiro atoms. The second-order valence-corrected chi connectivity index (χ2v) is 10.3. The average Bonchev–Trinajstić information content (AvgIpc) is 2.80. The summed E-state index contributed by atoms with van der Waals surface area (Å²) in [7, 11) is 0. The summed E-state index contributed by atoms with van der Waals surface area (Å²) in [6.45, 7) is 8.47. The highest BCUT2D eigenvalue weighted by atomic mass is 16.1. The van der Waals surface area contributed by atoms with E-state index in [1.54, 1.807) is 0 Å². The molecule has 2 fully saturated rings. The number of benzene rings is 1. The van der Waals surface area contributed by atoms with Crippen molar-refractivity contribution < 1.29 is 0 Å². The van der Waals surface area contributed by atoms with Gasteiger partial charge in [-0.15, -0.1) is 0 Å². The van der Waals surface area contributed by atoms with E-state index in [9.17, 15) is 4.79 Å². The average molecular weight is 452 g/mol. The third kappa shape index (κ3) is 4.96. The van der Waals surface area contributed by atoms with E-state index in [2.05, 4.69) is 48.9 Å². The van der Waals surface area contributed by atoms with Gasteiger partial charge in [0.25, 0.3) is 5.56 Å². The van der Waals surface area contributed by atoms with E-state index in [0.29, 0.717) is 24.7 Å². The van der Waals surface area contributed by atoms with Gasteiger partial charge in [0.1, 0.15) is 0 Å². The Balaban J connectivity index is 1.78. The smallest absolute Gasteiger partial charge is 0.251 e. The van der Waals surface area contributed by atoms with E-state index in [4.69, 9.17) is 11.1 Å². The van der Waals surface area contributed by atoms with E-state index >= 15 is 0 Å². The Bertz CT molecular complexity index is 1020. The zero-order chi connectivity index (χ0) is 23.5. The van der Waals surface area contributed by atoms with Crippen LogP contribution < -0.4 is 11.3 Å². The molecule has 0 saturated carbocycles. The van der Waals surface area contributed by atoms with Crippen molar-refractivity contribution in [3.63, 3.8) is 0 Å². The second-order valence-electron chi connectivity index (χ2n) is 10.3. The number of guanidine groups is 1. The molecular formula is C27H41N5O. The second kappa shape index (κ2) is 10.3. The topological polar surface area (TPSA) is 89.2 Å². The van der Waals surface area contributed by atoms with E-state index in [1.807, 2.05) is 11.0 Å². The van der Waals surface area contributed by atoms with Crippen LogP contribution in [0.4, 0.5) is 0 Å². The largest absolute Gasteiger partial charge is 0.370 e. The van der Waals surface area contributed by atoms with Crippen molar-refractivity contribution in [3.05, 3.63) is 45.7 Å². The Hall–Kier alpha value is -2.34. The molecule has 4 rings (SSSR count). The molecule has 6 heteroatoms. The summed E-state index contributed by atoms with van der Waals surface area (Å²) in [5, 5.41) is 9.02. The van der Waals surface area contributed by atoms with Crippen molar-refractivity contribution in [1.29, 1.82) is 5.41 Å². The minimum absolute atomic E-state index is 0.000121. The number of likely N-dealkylation sites (tertiary alicyclic amines) is 2. The number of fused-ring (bicyclic) bond motifs is 1. The fourth-order valence-corrected chi connectivity index (χ4v) is 6.23. The van der Waals surface area contributed by atoms with Crippen molar-refractivity contribution in [3.8, 4) is 0 Å². The van der Waals surface area contributed by atoms with Crippen LogP contribution >= 0.6 is 0 Å². The number of aromatic amines is 1. The van der Waals surface area contributed by atoms with Gasteiger partial charge in [0.2, 0.25) is 0 Å². The van der Waals surface area contributed by atoms with Crippen molar-refractivity contribution in [2.75, 3.05) is 13.1 Å². The maximum atomic E-state index is 13.1. The van der Waals surface area contributed by atoms with Crippen LogP contribution in [0.5, 0.6) is 0 Å². The number of unbranched alkanes of at least 4 members (excludes halogenated alkanes) is 1. The van der Waals surface area contributed by atoms with Crippen LogP contribution in [0.1, 0.15) is 95.2 Å². The Labute approximate surface area is 198 Å². The van der Waals surface area contributed by atoms with Crippen molar-refractivity contribution in [2.45, 2.75) is 96.2 Å². The van der Waals surface area contributed by atoms with Gasteiger partial charge in [0.15, 0.2) is 5.96 Å². The molecule has 2 aromatic rings. The third-order valence-electron chi connectivity index (χ3n) is 7.96. The summed E-state index contributed by atoms with van der Waals surface area (Å²) < 4.78 is 0. The van der Waals surface area contributed by atoms with Crippen molar-refractivity contribution >= 4 is 16.9 Å². The Kier molecular flexibility index (Phi) is 7.42. The molecule has 33 heavy (non-hydrogen) atoms. The van der Waals surface area contributed by atoms with Gasteiger partial charge in [-0.3, -0.25) is 15.1 Å². The number of hydrogen-bond acceptors (Lipinski definition) is 3. The van der Waals surface area contributed by atoms with E-state index < -0.39 is 0 Å². The molecule has 1 aromatic carbocycles. The molecule has 0 radical (unpaired) electrons. The molecule has 0 amide bonds. The van der Waals surface area contributed by atoms with Crippen LogP contribution in [0, 0.1) is 5.41 Å². The van der Waals surface area contributed by atoms with Crippen LogP contribution in [0.3, 0.4) is 0 Å². The first-order chi connectivity index (χ1) is 15.9. The Morgan fingerprint density at radius 2 is 1.97 bits per heavy atom. The predicted molar refractivity (Wildman–Crippen MR) is 137 cm³/mol. The van der Waals surface area contributed by atoms with Crippen LogP contribution in [0.2, 0.25) is 0 Å². The quantitative estimate of drug-likeness (QED) is 0.421. The first-order valence-corrected chi connectivity index (χ1v) is 12.9. The van der Waals surface area contributed by atoms with Gasteiger partial charge in [-0.1, -0.05) is 38.3 Å². The summed E-state index contributed by atoms with van der Waals surface area (Å²) in [6.07, 6.45) is 9.24. The molecular weight excluding hydrogens is 410 g/mol. The van der Waals surface area contributed by atoms with Gasteiger partial charge < -0.3 is 15.6 Å². The highest BCUT2D eigenvalue weighted by Gasteiger charge is 2.33. The van der Waals surface area contributed by atoms with Crippen LogP contribution in [-0.2, 0) is 0 Å². The van der Waals surface area contributed by atoms with Crippen LogP contribution in [-0.4, -0.2) is 45.9 Å².